The zero-order valence-electron chi connectivity index (χ0n) is 12.5. The van der Waals surface area contributed by atoms with Gasteiger partial charge in [0.25, 0.3) is 0 Å². The topological polar surface area (TPSA) is 33.7 Å². The molecule has 0 amide bonds. The average molecular weight is 335 g/mol. The minimum atomic E-state index is 0. The molecule has 0 aromatic heterocycles. The number of benzene rings is 1. The molecule has 0 bridgehead atoms. The van der Waals surface area contributed by atoms with E-state index < -0.39 is 0 Å². The first-order valence-electron chi connectivity index (χ1n) is 7.08. The van der Waals surface area contributed by atoms with Crippen LogP contribution in [0.15, 0.2) is 24.3 Å². The van der Waals surface area contributed by atoms with Crippen LogP contribution in [0.25, 0.3) is 0 Å². The summed E-state index contributed by atoms with van der Waals surface area (Å²) < 4.78 is 11.8. The van der Waals surface area contributed by atoms with Crippen molar-refractivity contribution in [3.8, 4) is 11.5 Å². The van der Waals surface area contributed by atoms with E-state index in [1.807, 2.05) is 24.3 Å². The minimum absolute atomic E-state index is 0. The molecule has 1 aromatic carbocycles. The third kappa shape index (κ3) is 4.39. The van der Waals surface area contributed by atoms with E-state index in [1.54, 1.807) is 0 Å². The van der Waals surface area contributed by atoms with Gasteiger partial charge in [-0.15, -0.1) is 24.8 Å². The van der Waals surface area contributed by atoms with E-state index in [9.17, 15) is 0 Å². The summed E-state index contributed by atoms with van der Waals surface area (Å²) in [6.07, 6.45) is 0.127. The van der Waals surface area contributed by atoms with Gasteiger partial charge in [0, 0.05) is 31.7 Å². The average Bonchev–Trinajstić information content (AvgIpc) is 2.43. The van der Waals surface area contributed by atoms with Gasteiger partial charge < -0.3 is 14.8 Å². The molecule has 2 heterocycles. The second kappa shape index (κ2) is 8.08. The van der Waals surface area contributed by atoms with E-state index in [-0.39, 0.29) is 30.9 Å². The van der Waals surface area contributed by atoms with Crippen LogP contribution in [-0.2, 0) is 0 Å². The van der Waals surface area contributed by atoms with Crippen LogP contribution < -0.4 is 14.8 Å². The molecule has 3 rings (SSSR count). The highest BCUT2D eigenvalue weighted by Gasteiger charge is 2.28. The molecular formula is C15H24Cl2N2O2. The van der Waals surface area contributed by atoms with Gasteiger partial charge in [-0.2, -0.15) is 0 Å². The number of fused-ring (bicyclic) bond motifs is 1. The third-order valence-electron chi connectivity index (χ3n) is 3.90. The van der Waals surface area contributed by atoms with Gasteiger partial charge in [-0.3, -0.25) is 4.90 Å². The van der Waals surface area contributed by atoms with Crippen molar-refractivity contribution in [3.63, 3.8) is 0 Å². The highest BCUT2D eigenvalue weighted by Crippen LogP contribution is 2.31. The fraction of sp³-hybridized carbons (Fsp3) is 0.600. The van der Waals surface area contributed by atoms with Gasteiger partial charge >= 0.3 is 0 Å². The van der Waals surface area contributed by atoms with Crippen molar-refractivity contribution in [2.45, 2.75) is 32.0 Å². The molecule has 1 fully saturated rings. The molecule has 3 atom stereocenters. The summed E-state index contributed by atoms with van der Waals surface area (Å²) in [5.41, 5.74) is 0. The first-order valence-corrected chi connectivity index (χ1v) is 7.08. The number of nitrogens with zero attached hydrogens (tertiary/aromatic N) is 1. The van der Waals surface area contributed by atoms with E-state index in [1.165, 1.54) is 0 Å². The van der Waals surface area contributed by atoms with Crippen LogP contribution in [0.3, 0.4) is 0 Å². The smallest absolute Gasteiger partial charge is 0.161 e. The molecule has 6 heteroatoms. The Labute approximate surface area is 139 Å². The highest BCUT2D eigenvalue weighted by molar-refractivity contribution is 5.85. The second-order valence-corrected chi connectivity index (χ2v) is 5.61. The van der Waals surface area contributed by atoms with Gasteiger partial charge in [-0.05, 0) is 26.0 Å². The fourth-order valence-corrected chi connectivity index (χ4v) is 2.77. The minimum Gasteiger partial charge on any atom is -0.486 e. The fourth-order valence-electron chi connectivity index (χ4n) is 2.77. The van der Waals surface area contributed by atoms with Crippen molar-refractivity contribution in [1.29, 1.82) is 0 Å². The maximum atomic E-state index is 6.03. The van der Waals surface area contributed by atoms with Crippen molar-refractivity contribution < 1.29 is 9.47 Å². The number of piperazine rings is 1. The Morgan fingerprint density at radius 3 is 2.67 bits per heavy atom. The number of nitrogens with one attached hydrogen (secondary N) is 1. The number of hydrogen-bond donors (Lipinski definition) is 1. The summed E-state index contributed by atoms with van der Waals surface area (Å²) >= 11 is 0. The maximum absolute atomic E-state index is 6.03. The number of rotatable bonds is 2. The molecule has 3 unspecified atom stereocenters. The molecule has 2 aliphatic rings. The van der Waals surface area contributed by atoms with Crippen molar-refractivity contribution in [2.75, 3.05) is 26.2 Å². The van der Waals surface area contributed by atoms with Crippen LogP contribution in [0.4, 0.5) is 0 Å². The summed E-state index contributed by atoms with van der Waals surface area (Å²) in [6, 6.07) is 9.00. The quantitative estimate of drug-likeness (QED) is 0.900. The molecule has 120 valence electrons. The van der Waals surface area contributed by atoms with Crippen LogP contribution in [0.5, 0.6) is 11.5 Å². The lowest BCUT2D eigenvalue weighted by Crippen LogP contribution is -2.57. The molecule has 1 saturated heterocycles. The largest absolute Gasteiger partial charge is 0.486 e. The predicted molar refractivity (Wildman–Crippen MR) is 89.3 cm³/mol. The van der Waals surface area contributed by atoms with Crippen molar-refractivity contribution in [3.05, 3.63) is 24.3 Å². The number of halogens is 2. The highest BCUT2D eigenvalue weighted by atomic mass is 35.5. The summed E-state index contributed by atoms with van der Waals surface area (Å²) in [6.45, 7) is 8.18. The maximum Gasteiger partial charge on any atom is 0.161 e. The van der Waals surface area contributed by atoms with Gasteiger partial charge in [0.05, 0.1) is 0 Å². The lowest BCUT2D eigenvalue weighted by Gasteiger charge is -2.40. The van der Waals surface area contributed by atoms with E-state index in [0.29, 0.717) is 18.7 Å². The van der Waals surface area contributed by atoms with Crippen LogP contribution in [0, 0.1) is 0 Å². The number of para-hydroxylation sites is 2. The van der Waals surface area contributed by atoms with Crippen LogP contribution in [-0.4, -0.2) is 49.3 Å². The lowest BCUT2D eigenvalue weighted by molar-refractivity contribution is 0.0352. The number of ether oxygens (including phenoxy) is 2. The summed E-state index contributed by atoms with van der Waals surface area (Å²) in [4.78, 5) is 2.49. The lowest BCUT2D eigenvalue weighted by atomic mass is 10.1. The third-order valence-corrected chi connectivity index (χ3v) is 3.90. The van der Waals surface area contributed by atoms with Gasteiger partial charge in [-0.25, -0.2) is 0 Å². The molecule has 1 aromatic rings. The molecule has 0 aliphatic carbocycles. The SMILES string of the molecule is CC1CN(CC2COc3ccccc3O2)C(C)CN1.Cl.Cl. The molecular weight excluding hydrogens is 311 g/mol. The molecule has 21 heavy (non-hydrogen) atoms. The monoisotopic (exact) mass is 334 g/mol. The molecule has 0 saturated carbocycles. The Hall–Kier alpha value is -0.680. The van der Waals surface area contributed by atoms with Crippen LogP contribution >= 0.6 is 24.8 Å². The first kappa shape index (κ1) is 18.4. The zero-order valence-corrected chi connectivity index (χ0v) is 14.1. The second-order valence-electron chi connectivity index (χ2n) is 5.61. The molecule has 0 spiro atoms. The van der Waals surface area contributed by atoms with Crippen molar-refractivity contribution >= 4 is 24.8 Å². The predicted octanol–water partition coefficient (Wildman–Crippen LogP) is 2.35. The van der Waals surface area contributed by atoms with Gasteiger partial charge in [-0.1, -0.05) is 12.1 Å². The first-order chi connectivity index (χ1) is 9.22. The van der Waals surface area contributed by atoms with Gasteiger partial charge in [0.1, 0.15) is 12.7 Å². The summed E-state index contributed by atoms with van der Waals surface area (Å²) in [5, 5.41) is 3.50. The Morgan fingerprint density at radius 2 is 1.90 bits per heavy atom. The van der Waals surface area contributed by atoms with E-state index in [2.05, 4.69) is 24.1 Å². The van der Waals surface area contributed by atoms with Gasteiger partial charge in [0.2, 0.25) is 0 Å². The zero-order chi connectivity index (χ0) is 13.2. The van der Waals surface area contributed by atoms with E-state index in [4.69, 9.17) is 9.47 Å². The standard InChI is InChI=1S/C15H22N2O2.2ClH/c1-11-8-17(12(2)7-16-11)9-13-10-18-14-5-3-4-6-15(14)19-13;;/h3-6,11-13,16H,7-10H2,1-2H3;2*1H. The van der Waals surface area contributed by atoms with E-state index in [0.717, 1.165) is 31.1 Å². The molecule has 1 N–H and O–H groups in total. The van der Waals surface area contributed by atoms with Crippen molar-refractivity contribution in [2.24, 2.45) is 0 Å². The van der Waals surface area contributed by atoms with Gasteiger partial charge in [0.15, 0.2) is 11.5 Å². The van der Waals surface area contributed by atoms with E-state index >= 15 is 0 Å². The van der Waals surface area contributed by atoms with Crippen LogP contribution in [0.2, 0.25) is 0 Å². The summed E-state index contributed by atoms with van der Waals surface area (Å²) in [5.74, 6) is 1.73. The Balaban J connectivity index is 0.00000110. The van der Waals surface area contributed by atoms with Crippen molar-refractivity contribution in [1.82, 2.24) is 10.2 Å². The molecule has 0 radical (unpaired) electrons. The summed E-state index contributed by atoms with van der Waals surface area (Å²) in [7, 11) is 0. The Bertz CT molecular complexity index is 447. The van der Waals surface area contributed by atoms with Crippen LogP contribution in [0.1, 0.15) is 13.8 Å². The molecule has 2 aliphatic heterocycles. The molecule has 4 nitrogen and oxygen atoms in total. The number of hydrogen-bond acceptors (Lipinski definition) is 4. The normalized spacial score (nSPS) is 28.2. The Morgan fingerprint density at radius 1 is 1.19 bits per heavy atom. The Kier molecular flexibility index (Phi) is 7.07.